The Balaban J connectivity index is -0.000000150. The van der Waals surface area contributed by atoms with Crippen molar-refractivity contribution >= 4 is 105 Å². The molecule has 44 nitrogen and oxygen atoms in total. The van der Waals surface area contributed by atoms with Crippen LogP contribution in [0.2, 0.25) is 0 Å². The lowest BCUT2D eigenvalue weighted by molar-refractivity contribution is -0.801. The molecule has 0 saturated heterocycles. The fraction of sp³-hybridized carbons (Fsp3) is 1.00. The normalized spacial score (nSPS) is 13.3. The average molecular weight is 1540 g/mol. The summed E-state index contributed by atoms with van der Waals surface area (Å²) in [6.45, 7) is 16.2. The molecule has 0 aliphatic carbocycles. The van der Waals surface area contributed by atoms with E-state index in [1.54, 1.807) is 41.5 Å². The van der Waals surface area contributed by atoms with Gasteiger partial charge in [0.15, 0.2) is 12.5 Å². The van der Waals surface area contributed by atoms with E-state index < -0.39 is 173 Å². The number of rotatable bonds is 37. The van der Waals surface area contributed by atoms with Gasteiger partial charge in [0, 0.05) is 23.4 Å². The van der Waals surface area contributed by atoms with Crippen LogP contribution in [0.25, 0.3) is 0 Å². The fourth-order valence-electron chi connectivity index (χ4n) is 4.51. The van der Waals surface area contributed by atoms with Gasteiger partial charge >= 0.3 is 0 Å². The monoisotopic (exact) mass is 1540 g/mol. The highest BCUT2D eigenvalue weighted by atomic mass is 32.3. The van der Waals surface area contributed by atoms with Gasteiger partial charge in [-0.25, -0.2) is 47.0 Å². The molecule has 1 unspecified atom stereocenters. The van der Waals surface area contributed by atoms with E-state index in [0.29, 0.717) is 5.92 Å². The van der Waals surface area contributed by atoms with Crippen molar-refractivity contribution < 1.29 is 200 Å². The smallest absolute Gasteiger partial charge is 0.217 e. The van der Waals surface area contributed by atoms with E-state index in [-0.39, 0.29) is 43.5 Å². The lowest BCUT2D eigenvalue weighted by Crippen LogP contribution is -2.44. The largest absolute Gasteiger partial charge is 0.790 e. The summed E-state index contributed by atoms with van der Waals surface area (Å²) >= 11 is 2.83. The summed E-state index contributed by atoms with van der Waals surface area (Å²) in [6.07, 6.45) is 0.817. The Hall–Kier alpha value is -0.330. The Labute approximate surface area is 529 Å². The first-order chi connectivity index (χ1) is 40.0. The predicted octanol–water partition coefficient (Wildman–Crippen LogP) is -7.03. The maximum Gasteiger partial charge on any atom is 0.217 e. The standard InChI is InChI=1S/C7H16O11S2.C7H18O10P2.C7H17O4P.C6H14O8S2.C4H11O4P.C4H10O4S.HO2P.OS/c1-6(2)7(3-15-18-8,4-16-19(9,10)11)5-17-20(12,13)14;1-6(2)7(3-15-8,4-16-18(9,10)11)5-17-19(12,13)14;1-4-7(6(2)3)5-11-12(8,9)10;1-5(2)6(3-13-15(7,8)9)4-14-16(10,11)12;2*1-4(2)3-8-9(5,6)7;1-3-2;1-2/h6,8H,3-5H2,1-2H3,(H,9,10,11)(H,12,13,14);6,8H,3-5H2,1-2H3,(H2,9,10,11)(H2,12,13,14);6-7H,4-5H2,1-3H3,(H2,8,9,10);5-6H,3-4H2,1-2H3,(H,7,8,9)(H,10,11,12);4H,3H2,1-2H3,(H2,5,6,7);4H,3H2,1-2H3,(H,5,6,7);(H,1,2);/p-16. The molecular weight excluding hydrogens is 1470 g/mol. The second kappa shape index (κ2) is 51.8. The Bertz CT molecular complexity index is 2520. The molecule has 0 radical (unpaired) electrons. The van der Waals surface area contributed by atoms with Crippen LogP contribution >= 0.6 is 40.0 Å². The lowest BCUT2D eigenvalue weighted by Gasteiger charge is -2.43. The van der Waals surface area contributed by atoms with Crippen LogP contribution in [0, 0.1) is 58.2 Å². The lowest BCUT2D eigenvalue weighted by atomic mass is 9.79. The summed E-state index contributed by atoms with van der Waals surface area (Å²) in [5.41, 5.74) is -3.14. The van der Waals surface area contributed by atoms with Crippen LogP contribution in [-0.4, -0.2) is 142 Å². The molecule has 0 aromatic heterocycles. The molecule has 0 amide bonds. The fourth-order valence-corrected chi connectivity index (χ4v) is 8.07. The van der Waals surface area contributed by atoms with E-state index in [4.69, 9.17) is 13.7 Å². The molecule has 0 rings (SSSR count). The molecule has 0 saturated carbocycles. The zero-order valence-electron chi connectivity index (χ0n) is 49.8. The van der Waals surface area contributed by atoms with Crippen LogP contribution < -0.4 is 54.6 Å². The van der Waals surface area contributed by atoms with Gasteiger partial charge in [-0.3, -0.25) is 30.5 Å². The highest BCUT2D eigenvalue weighted by molar-refractivity contribution is 7.81. The second-order valence-electron chi connectivity index (χ2n) is 19.3. The van der Waals surface area contributed by atoms with Gasteiger partial charge in [-0.15, -0.1) is 0 Å². The van der Waals surface area contributed by atoms with Crippen LogP contribution in [0.1, 0.15) is 96.4 Å². The number of hydrogen-bond donors (Lipinski definition) is 0. The molecule has 0 bridgehead atoms. The third-order valence-corrected chi connectivity index (χ3v) is 13.9. The number of phosphoric ester groups is 4. The maximum atomic E-state index is 10.4. The molecular formula is C35H71O44P5S6-16. The number of phosphoric acid groups is 4. The van der Waals surface area contributed by atoms with Gasteiger partial charge in [0.25, 0.3) is 0 Å². The Morgan fingerprint density at radius 2 is 0.678 bits per heavy atom. The first-order valence-corrected chi connectivity index (χ1v) is 37.5. The zero-order valence-corrected chi connectivity index (χ0v) is 59.1. The third-order valence-electron chi connectivity index (χ3n) is 10.0. The van der Waals surface area contributed by atoms with E-state index in [1.807, 2.05) is 20.8 Å². The van der Waals surface area contributed by atoms with E-state index in [9.17, 15) is 133 Å². The molecule has 90 heavy (non-hydrogen) atoms. The molecule has 0 aromatic rings. The summed E-state index contributed by atoms with van der Waals surface area (Å²) in [5, 5.41) is 23.2. The van der Waals surface area contributed by atoms with Crippen LogP contribution in [0.15, 0.2) is 0 Å². The predicted molar refractivity (Wildman–Crippen MR) is 272 cm³/mol. The molecule has 0 fully saturated rings. The van der Waals surface area contributed by atoms with Gasteiger partial charge in [-0.05, 0) is 41.4 Å². The average Bonchev–Trinajstić information content (AvgIpc) is 3.56. The van der Waals surface area contributed by atoms with Crippen LogP contribution in [0.5, 0.6) is 0 Å². The molecule has 552 valence electrons. The van der Waals surface area contributed by atoms with Gasteiger partial charge in [-0.1, -0.05) is 96.4 Å². The second-order valence-corrected chi connectivity index (χ2v) is 29.3. The molecule has 0 N–H and O–H groups in total. The van der Waals surface area contributed by atoms with Crippen molar-refractivity contribution in [2.45, 2.75) is 96.4 Å². The number of hydrogen-bond acceptors (Lipinski definition) is 45. The molecule has 0 aliphatic heterocycles. The minimum absolute atomic E-state index is 0.0123. The Morgan fingerprint density at radius 3 is 0.867 bits per heavy atom. The SMILES string of the molecule is CC(C)C(COO[O-])(COS(=O)(=O)[O-])COS(=O)(=O)[O-].CC(C)C(COS(=O)(=O)[O-])COS(=O)(=O)[O-].CC(C)C(CO[O-])(COP(=O)([O-])[O-])COP(=O)([O-])[O-].CC(C)COP(=O)([O-])[O-].CC(C)COS(=O)(=O)[O-].CCC(COP(=O)([O-])[O-])C(C)C.O=P[O-].O=S. The Morgan fingerprint density at radius 1 is 0.411 bits per heavy atom. The summed E-state index contributed by atoms with van der Waals surface area (Å²) in [5.74, 6) is -1.46. The van der Waals surface area contributed by atoms with Gasteiger partial charge < -0.3 is 119 Å². The molecule has 0 heterocycles. The van der Waals surface area contributed by atoms with Crippen molar-refractivity contribution in [3.63, 3.8) is 0 Å². The molecule has 0 aliphatic rings. The first kappa shape index (κ1) is 106. The van der Waals surface area contributed by atoms with Crippen molar-refractivity contribution in [3.05, 3.63) is 0 Å². The van der Waals surface area contributed by atoms with Crippen LogP contribution in [0.3, 0.4) is 0 Å². The highest BCUT2D eigenvalue weighted by Crippen LogP contribution is 2.38. The highest BCUT2D eigenvalue weighted by Gasteiger charge is 2.38. The van der Waals surface area contributed by atoms with Crippen molar-refractivity contribution in [1.29, 1.82) is 0 Å². The van der Waals surface area contributed by atoms with E-state index >= 15 is 0 Å². The third kappa shape index (κ3) is 83.8. The summed E-state index contributed by atoms with van der Waals surface area (Å²) in [4.78, 5) is 97.5. The van der Waals surface area contributed by atoms with Crippen molar-refractivity contribution in [3.8, 4) is 0 Å². The minimum atomic E-state index is -5.33. The van der Waals surface area contributed by atoms with E-state index in [0.717, 1.165) is 6.42 Å². The Kier molecular flexibility index (Phi) is 60.9. The molecule has 0 aromatic carbocycles. The van der Waals surface area contributed by atoms with Crippen LogP contribution in [-0.2, 0) is 141 Å². The first-order valence-electron chi connectivity index (χ1n) is 23.9. The maximum absolute atomic E-state index is 10.4. The molecule has 0 spiro atoms. The summed E-state index contributed by atoms with van der Waals surface area (Å²) < 4.78 is 246. The summed E-state index contributed by atoms with van der Waals surface area (Å²) in [6, 6.07) is 0. The van der Waals surface area contributed by atoms with Gasteiger partial charge in [0.1, 0.15) is 0 Å². The van der Waals surface area contributed by atoms with E-state index in [2.05, 4.69) is 66.4 Å². The molecule has 55 heteroatoms. The van der Waals surface area contributed by atoms with Gasteiger partial charge in [-0.2, -0.15) is 4.21 Å². The topological polar surface area (TPSA) is 753 Å². The molecule has 1 atom stereocenters. The quantitative estimate of drug-likeness (QED) is 0.0183. The zero-order chi connectivity index (χ0) is 73.8. The van der Waals surface area contributed by atoms with Gasteiger partial charge in [0.05, 0.1) is 106 Å². The minimum Gasteiger partial charge on any atom is -0.790 e. The van der Waals surface area contributed by atoms with Crippen molar-refractivity contribution in [2.75, 3.05) is 72.7 Å². The van der Waals surface area contributed by atoms with Crippen LogP contribution in [0.4, 0.5) is 0 Å². The van der Waals surface area contributed by atoms with Gasteiger partial charge in [0.2, 0.25) is 52.0 Å². The van der Waals surface area contributed by atoms with Crippen molar-refractivity contribution in [2.24, 2.45) is 58.2 Å². The van der Waals surface area contributed by atoms with Crippen molar-refractivity contribution in [1.82, 2.24) is 0 Å². The summed E-state index contributed by atoms with van der Waals surface area (Å²) in [7, 11) is -45.5. The van der Waals surface area contributed by atoms with E-state index in [1.165, 1.54) is 27.7 Å².